The smallest absolute Gasteiger partial charge is 0.327 e. The van der Waals surface area contributed by atoms with Gasteiger partial charge in [-0.2, -0.15) is 4.08 Å². The van der Waals surface area contributed by atoms with Gasteiger partial charge in [0.05, 0.1) is 11.9 Å². The Kier molecular flexibility index (Phi) is 45.0. The molecule has 8 heavy (non-hydrogen) atoms. The lowest BCUT2D eigenvalue weighted by Crippen LogP contribution is -1.59. The maximum Gasteiger partial charge on any atom is 0.344 e. The van der Waals surface area contributed by atoms with Gasteiger partial charge in [-0.15, -0.1) is 24.8 Å². The minimum atomic E-state index is -2.33. The Morgan fingerprint density at radius 3 is 1.38 bits per heavy atom. The van der Waals surface area contributed by atoms with Crippen LogP contribution in [0.2, 0.25) is 0 Å². The Morgan fingerprint density at radius 1 is 1.25 bits per heavy atom. The van der Waals surface area contributed by atoms with Gasteiger partial charge >= 0.3 is 31.7 Å². The first-order valence-electron chi connectivity index (χ1n) is 0.737. The summed E-state index contributed by atoms with van der Waals surface area (Å²) in [5, 5.41) is 0. The summed E-state index contributed by atoms with van der Waals surface area (Å²) in [6, 6.07) is 0. The Bertz CT molecular complexity index is 28.5. The Hall–Kier alpha value is 1.95. The maximum absolute atomic E-state index is 7.63. The lowest BCUT2D eigenvalue weighted by Gasteiger charge is -1.85. The van der Waals surface area contributed by atoms with Gasteiger partial charge in [0.15, 0.2) is 0 Å². The van der Waals surface area contributed by atoms with Crippen molar-refractivity contribution in [3.63, 3.8) is 0 Å². The zero-order valence-corrected chi connectivity index (χ0v) is 6.23. The van der Waals surface area contributed by atoms with Gasteiger partial charge in [-0.25, -0.2) is 0 Å². The predicted octanol–water partition coefficient (Wildman–Crippen LogP) is 0.296. The molecular weight excluding hydrogens is 210 g/mol. The second kappa shape index (κ2) is 16.0. The van der Waals surface area contributed by atoms with Crippen molar-refractivity contribution in [1.29, 1.82) is 0 Å². The van der Waals surface area contributed by atoms with E-state index in [2.05, 4.69) is 15.9 Å². The minimum absolute atomic E-state index is 0. The molecule has 2 N–H and O–H groups in total. The topological polar surface area (TPSA) is 49.7 Å². The highest BCUT2D eigenvalue weighted by atomic mass is 35.5. The molecule has 0 fully saturated rings. The molecule has 8 heteroatoms. The van der Waals surface area contributed by atoms with Crippen LogP contribution in [0.4, 0.5) is 0 Å². The van der Waals surface area contributed by atoms with Crippen LogP contribution in [0.3, 0.4) is 0 Å². The molecule has 3 nitrogen and oxygen atoms in total. The van der Waals surface area contributed by atoms with E-state index < -0.39 is 8.60 Å². The fourth-order valence-electron chi connectivity index (χ4n) is 0. The van der Waals surface area contributed by atoms with E-state index in [4.69, 9.17) is 9.79 Å². The van der Waals surface area contributed by atoms with Gasteiger partial charge in [0, 0.05) is 0 Å². The molecule has 0 spiro atoms. The first kappa shape index (κ1) is 22.5. The van der Waals surface area contributed by atoms with Crippen molar-refractivity contribution in [3.8, 4) is 0 Å². The van der Waals surface area contributed by atoms with Gasteiger partial charge in [-0.3, -0.25) is 0 Å². The zero-order valence-electron chi connectivity index (χ0n) is 2.94. The van der Waals surface area contributed by atoms with Crippen LogP contribution in [-0.4, -0.2) is 32.8 Å². The van der Waals surface area contributed by atoms with Gasteiger partial charge in [0.1, 0.15) is 0 Å². The quantitative estimate of drug-likeness (QED) is 0.489. The van der Waals surface area contributed by atoms with E-state index in [1.54, 1.807) is 0 Å². The molecule has 0 aliphatic carbocycles. The molecule has 0 aliphatic rings. The summed E-state index contributed by atoms with van der Waals surface area (Å²) in [5.41, 5.74) is 0. The van der Waals surface area contributed by atoms with Crippen molar-refractivity contribution >= 4 is 68.3 Å². The second-order valence-electron chi connectivity index (χ2n) is 0.322. The summed E-state index contributed by atoms with van der Waals surface area (Å²) in [6.45, 7) is 0. The highest BCUT2D eigenvalue weighted by molar-refractivity contribution is 7.40. The molecule has 0 heterocycles. The Balaban J connectivity index is -0.0000000267. The van der Waals surface area contributed by atoms with Crippen LogP contribution in [0.5, 0.6) is 0 Å². The van der Waals surface area contributed by atoms with Crippen molar-refractivity contribution in [3.05, 3.63) is 0 Å². The van der Waals surface area contributed by atoms with Crippen LogP contribution in [0.15, 0.2) is 0 Å². The first-order chi connectivity index (χ1) is 2.27. The van der Waals surface area contributed by atoms with E-state index in [1.165, 1.54) is 0 Å². The summed E-state index contributed by atoms with van der Waals surface area (Å²) in [5.74, 6) is 0. The van der Waals surface area contributed by atoms with E-state index >= 15 is 0 Å². The monoisotopic (exact) mass is 214 g/mol. The lowest BCUT2D eigenvalue weighted by molar-refractivity contribution is 0.389. The minimum Gasteiger partial charge on any atom is -0.327 e. The first-order valence-corrected chi connectivity index (χ1v) is 2.21. The third-order valence-corrected chi connectivity index (χ3v) is 0.555. The summed E-state index contributed by atoms with van der Waals surface area (Å²) >= 11 is 4.37. The standard InChI is InChI=1S/ClH2O3P.2ClH.Mg.2H/c1-4-5(2)3;;;;;/h2-3H;2*1H;;;. The van der Waals surface area contributed by atoms with Crippen LogP contribution in [0, 0.1) is 0 Å². The third kappa shape index (κ3) is 24.6. The van der Waals surface area contributed by atoms with Gasteiger partial charge < -0.3 is 9.79 Å². The van der Waals surface area contributed by atoms with Crippen molar-refractivity contribution in [2.75, 3.05) is 0 Å². The highest BCUT2D eigenvalue weighted by Gasteiger charge is 1.89. The molecule has 0 aromatic carbocycles. The van der Waals surface area contributed by atoms with Gasteiger partial charge in [0.2, 0.25) is 0 Å². The Morgan fingerprint density at radius 2 is 1.38 bits per heavy atom. The van der Waals surface area contributed by atoms with Crippen LogP contribution in [-0.2, 0) is 4.08 Å². The molecule has 0 aromatic heterocycles. The van der Waals surface area contributed by atoms with Crippen molar-refractivity contribution in [2.45, 2.75) is 0 Å². The molecule has 0 amide bonds. The summed E-state index contributed by atoms with van der Waals surface area (Å²) < 4.78 is 3.40. The average molecular weight is 216 g/mol. The van der Waals surface area contributed by atoms with Crippen molar-refractivity contribution in [1.82, 2.24) is 0 Å². The van der Waals surface area contributed by atoms with Crippen molar-refractivity contribution < 1.29 is 13.9 Å². The van der Waals surface area contributed by atoms with Gasteiger partial charge in [-0.1, -0.05) is 0 Å². The number of rotatable bonds is 1. The predicted molar refractivity (Wildman–Crippen MR) is 41.3 cm³/mol. The molecule has 0 aliphatic heterocycles. The van der Waals surface area contributed by atoms with Crippen molar-refractivity contribution in [2.24, 2.45) is 0 Å². The molecule has 0 bridgehead atoms. The molecule has 0 aromatic rings. The fourth-order valence-corrected chi connectivity index (χ4v) is 0. The molecule has 0 saturated heterocycles. The van der Waals surface area contributed by atoms with E-state index in [1.807, 2.05) is 0 Å². The fraction of sp³-hybridized carbons (Fsp3) is 0. The average Bonchev–Trinajstić information content (AvgIpc) is 1.38. The molecule has 0 unspecified atom stereocenters. The number of hydrogen-bond acceptors (Lipinski definition) is 3. The van der Waals surface area contributed by atoms with Gasteiger partial charge in [0.25, 0.3) is 0 Å². The second-order valence-corrected chi connectivity index (χ2v) is 1.38. The van der Waals surface area contributed by atoms with Crippen LogP contribution in [0.1, 0.15) is 0 Å². The largest absolute Gasteiger partial charge is 0.344 e. The zero-order chi connectivity index (χ0) is 4.28. The maximum atomic E-state index is 7.63. The SMILES string of the molecule is Cl.Cl.OP(O)OCl.[MgH2]. The summed E-state index contributed by atoms with van der Waals surface area (Å²) in [7, 11) is -2.33. The van der Waals surface area contributed by atoms with E-state index in [9.17, 15) is 0 Å². The Labute approximate surface area is 81.9 Å². The van der Waals surface area contributed by atoms with Crippen LogP contribution in [0.25, 0.3) is 0 Å². The normalized spacial score (nSPS) is 6.00. The van der Waals surface area contributed by atoms with E-state index in [-0.39, 0.29) is 47.9 Å². The molecular formula is H6Cl3MgO3P. The molecule has 0 atom stereocenters. The van der Waals surface area contributed by atoms with Crippen LogP contribution < -0.4 is 0 Å². The summed E-state index contributed by atoms with van der Waals surface area (Å²) in [4.78, 5) is 15.3. The number of halogens is 3. The summed E-state index contributed by atoms with van der Waals surface area (Å²) in [6.07, 6.45) is 0. The van der Waals surface area contributed by atoms with Crippen LogP contribution >= 0.6 is 45.3 Å². The number of hydrogen-bond donors (Lipinski definition) is 2. The third-order valence-electron chi connectivity index (χ3n) is 0.0617. The molecule has 0 radical (unpaired) electrons. The van der Waals surface area contributed by atoms with Gasteiger partial charge in [-0.05, 0) is 0 Å². The van der Waals surface area contributed by atoms with E-state index in [0.717, 1.165) is 0 Å². The van der Waals surface area contributed by atoms with E-state index in [0.29, 0.717) is 0 Å². The lowest BCUT2D eigenvalue weighted by atomic mass is 15.8. The highest BCUT2D eigenvalue weighted by Crippen LogP contribution is 2.25. The molecule has 0 rings (SSSR count). The molecule has 0 saturated carbocycles. The molecule has 52 valence electrons.